The van der Waals surface area contributed by atoms with Crippen LogP contribution in [0.5, 0.6) is 0 Å². The van der Waals surface area contributed by atoms with Crippen molar-refractivity contribution in [2.24, 2.45) is 0 Å². The molecule has 0 rings (SSSR count). The van der Waals surface area contributed by atoms with Gasteiger partial charge in [0.05, 0.1) is 33.8 Å². The van der Waals surface area contributed by atoms with Crippen molar-refractivity contribution in [1.82, 2.24) is 5.32 Å². The third-order valence-corrected chi connectivity index (χ3v) is 15.9. The molecule has 0 aromatic carbocycles. The van der Waals surface area contributed by atoms with Crippen LogP contribution in [0, 0.1) is 0 Å². The molecule has 3 unspecified atom stereocenters. The minimum absolute atomic E-state index is 0.0236. The van der Waals surface area contributed by atoms with Gasteiger partial charge in [-0.2, -0.15) is 0 Å². The van der Waals surface area contributed by atoms with E-state index in [4.69, 9.17) is 13.8 Å². The second-order valence-electron chi connectivity index (χ2n) is 24.0. The highest BCUT2D eigenvalue weighted by molar-refractivity contribution is 7.45. The van der Waals surface area contributed by atoms with E-state index >= 15 is 0 Å². The maximum Gasteiger partial charge on any atom is 0.306 e. The summed E-state index contributed by atoms with van der Waals surface area (Å²) in [5.74, 6) is -0.548. The average Bonchev–Trinajstić information content (AvgIpc) is 3.40. The Morgan fingerprint density at radius 1 is 0.449 bits per heavy atom. The fourth-order valence-electron chi connectivity index (χ4n) is 9.78. The van der Waals surface area contributed by atoms with Crippen molar-refractivity contribution in [3.63, 3.8) is 0 Å². The van der Waals surface area contributed by atoms with E-state index in [0.717, 1.165) is 77.0 Å². The van der Waals surface area contributed by atoms with Gasteiger partial charge >= 0.3 is 5.97 Å². The fraction of sp³-hybridized carbons (Fsp3) is 0.853. The van der Waals surface area contributed by atoms with E-state index in [9.17, 15) is 19.0 Å². The molecule has 0 aromatic rings. The van der Waals surface area contributed by atoms with Gasteiger partial charge in [-0.25, -0.2) is 0 Å². The summed E-state index contributed by atoms with van der Waals surface area (Å²) in [6.45, 7) is 6.83. The molecule has 0 spiro atoms. The third-order valence-electron chi connectivity index (χ3n) is 15.0. The summed E-state index contributed by atoms with van der Waals surface area (Å²) in [4.78, 5) is 40.0. The molecule has 0 saturated heterocycles. The maximum absolute atomic E-state index is 13.5. The van der Waals surface area contributed by atoms with Gasteiger partial charge in [0.25, 0.3) is 7.82 Å². The van der Waals surface area contributed by atoms with E-state index in [0.29, 0.717) is 17.4 Å². The number of carbonyl (C=O) groups is 2. The number of nitrogens with one attached hydrogen (secondary N) is 1. The number of phosphoric ester groups is 1. The Balaban J connectivity index is 4.97. The van der Waals surface area contributed by atoms with Crippen molar-refractivity contribution in [3.05, 3.63) is 48.6 Å². The third kappa shape index (κ3) is 58.6. The van der Waals surface area contributed by atoms with Crippen LogP contribution in [0.1, 0.15) is 323 Å². The predicted molar refractivity (Wildman–Crippen MR) is 335 cm³/mol. The lowest BCUT2D eigenvalue weighted by molar-refractivity contribution is -0.870. The zero-order valence-electron chi connectivity index (χ0n) is 52.4. The number of hydrogen-bond acceptors (Lipinski definition) is 7. The van der Waals surface area contributed by atoms with Gasteiger partial charge in [0.2, 0.25) is 5.91 Å². The molecule has 1 amide bonds. The summed E-state index contributed by atoms with van der Waals surface area (Å²) in [5.41, 5.74) is 0. The van der Waals surface area contributed by atoms with Gasteiger partial charge in [0.1, 0.15) is 19.3 Å². The molecule has 0 aliphatic rings. The molecule has 0 radical (unpaired) electrons. The Labute approximate surface area is 484 Å². The Bertz CT molecular complexity index is 1470. The van der Waals surface area contributed by atoms with Crippen molar-refractivity contribution in [2.45, 2.75) is 335 Å². The summed E-state index contributed by atoms with van der Waals surface area (Å²) in [5, 5.41) is 3.02. The van der Waals surface area contributed by atoms with Crippen molar-refractivity contribution < 1.29 is 37.3 Å². The molecule has 1 N–H and O–H groups in total. The maximum atomic E-state index is 13.5. The van der Waals surface area contributed by atoms with Crippen LogP contribution in [0.15, 0.2) is 48.6 Å². The Hall–Kier alpha value is -2.03. The molecular formula is C68H129N2O7P. The minimum Gasteiger partial charge on any atom is -0.756 e. The van der Waals surface area contributed by atoms with Gasteiger partial charge in [-0.15, -0.1) is 0 Å². The lowest BCUT2D eigenvalue weighted by Crippen LogP contribution is -2.47. The number of nitrogens with zero attached hydrogens (tertiary/aromatic N) is 1. The van der Waals surface area contributed by atoms with Crippen molar-refractivity contribution in [2.75, 3.05) is 40.9 Å². The van der Waals surface area contributed by atoms with Crippen molar-refractivity contribution in [3.8, 4) is 0 Å². The Kier molecular flexibility index (Phi) is 56.7. The van der Waals surface area contributed by atoms with Gasteiger partial charge in [0.15, 0.2) is 0 Å². The summed E-state index contributed by atoms with van der Waals surface area (Å²) in [6, 6.07) is -0.893. The van der Waals surface area contributed by atoms with Crippen molar-refractivity contribution in [1.29, 1.82) is 0 Å². The summed E-state index contributed by atoms with van der Waals surface area (Å²) < 4.78 is 30.3. The molecule has 78 heavy (non-hydrogen) atoms. The smallest absolute Gasteiger partial charge is 0.306 e. The number of rotatable bonds is 61. The SMILES string of the molecule is CCCCC/C=C\C/C=C\CCCCCCCCCCCCCCCCCCCC(=O)OC(/C=C\CCCCCCCCCCC)C(COP(=O)([O-])OCC[N+](C)(C)C)NC(=O)CCCCC/C=C\CCCCCCCCC. The van der Waals surface area contributed by atoms with Gasteiger partial charge in [-0.3, -0.25) is 14.2 Å². The summed E-state index contributed by atoms with van der Waals surface area (Å²) in [6.07, 6.45) is 72.4. The number of ether oxygens (including phenoxy) is 1. The molecule has 0 aromatic heterocycles. The zero-order chi connectivity index (χ0) is 57.2. The molecule has 0 saturated carbocycles. The lowest BCUT2D eigenvalue weighted by atomic mass is 10.0. The topological polar surface area (TPSA) is 114 Å². The standard InChI is InChI=1S/C68H129N2O7P/c1-7-10-13-16-19-22-25-27-29-30-31-32-33-34-35-36-37-38-39-40-41-43-46-49-52-55-58-61-68(72)77-66(59-56-53-50-47-44-24-21-18-15-12-9-3)65(64-76-78(73,74)75-63-62-70(4,5)6)69-67(71)60-57-54-51-48-45-42-28-26-23-20-17-14-11-8-2/h19,22,27,29,42,45,56,59,65-66H,7-18,20-21,23-26,28,30-41,43-44,46-55,57-58,60-64H2,1-6H3,(H-,69,71,73,74)/b22-19-,29-27-,45-42-,59-56-. The highest BCUT2D eigenvalue weighted by Crippen LogP contribution is 2.38. The van der Waals surface area contributed by atoms with Crippen LogP contribution in [-0.4, -0.2) is 69.4 Å². The quantitative estimate of drug-likeness (QED) is 0.0212. The first-order valence-electron chi connectivity index (χ1n) is 33.4. The van der Waals surface area contributed by atoms with E-state index in [1.165, 1.54) is 212 Å². The normalized spacial score (nSPS) is 13.9. The van der Waals surface area contributed by atoms with Crippen LogP contribution < -0.4 is 10.2 Å². The average molecular weight is 1120 g/mol. The molecule has 10 heteroatoms. The monoisotopic (exact) mass is 1120 g/mol. The van der Waals surface area contributed by atoms with Crippen LogP contribution in [0.25, 0.3) is 0 Å². The number of phosphoric acid groups is 1. The molecule has 0 aliphatic heterocycles. The number of carbonyl (C=O) groups excluding carboxylic acids is 2. The number of hydrogen-bond donors (Lipinski definition) is 1. The molecule has 9 nitrogen and oxygen atoms in total. The first-order valence-corrected chi connectivity index (χ1v) is 34.9. The predicted octanol–water partition coefficient (Wildman–Crippen LogP) is 20.2. The largest absolute Gasteiger partial charge is 0.756 e. The number of esters is 1. The van der Waals surface area contributed by atoms with Crippen LogP contribution in [0.4, 0.5) is 0 Å². The van der Waals surface area contributed by atoms with Crippen LogP contribution in [0.2, 0.25) is 0 Å². The molecule has 458 valence electrons. The first-order chi connectivity index (χ1) is 37.9. The van der Waals surface area contributed by atoms with Gasteiger partial charge in [-0.1, -0.05) is 269 Å². The van der Waals surface area contributed by atoms with E-state index in [1.807, 2.05) is 33.3 Å². The Morgan fingerprint density at radius 3 is 1.21 bits per heavy atom. The highest BCUT2D eigenvalue weighted by atomic mass is 31.2. The summed E-state index contributed by atoms with van der Waals surface area (Å²) >= 11 is 0. The van der Waals surface area contributed by atoms with E-state index in [-0.39, 0.29) is 24.9 Å². The fourth-order valence-corrected chi connectivity index (χ4v) is 10.5. The van der Waals surface area contributed by atoms with E-state index in [2.05, 4.69) is 62.5 Å². The molecule has 0 aliphatic carbocycles. The molecule has 0 bridgehead atoms. The first kappa shape index (κ1) is 76.0. The molecular weight excluding hydrogens is 988 g/mol. The second kappa shape index (κ2) is 58.2. The van der Waals surface area contributed by atoms with E-state index in [1.54, 1.807) is 0 Å². The van der Waals surface area contributed by atoms with Gasteiger partial charge in [-0.05, 0) is 89.5 Å². The number of quaternary nitrogens is 1. The molecule has 0 fully saturated rings. The van der Waals surface area contributed by atoms with Crippen LogP contribution in [-0.2, 0) is 27.9 Å². The van der Waals surface area contributed by atoms with Crippen molar-refractivity contribution >= 4 is 19.7 Å². The highest BCUT2D eigenvalue weighted by Gasteiger charge is 2.27. The van der Waals surface area contributed by atoms with E-state index < -0.39 is 26.6 Å². The molecule has 3 atom stereocenters. The Morgan fingerprint density at radius 2 is 0.782 bits per heavy atom. The number of allylic oxidation sites excluding steroid dienone is 7. The number of amides is 1. The summed E-state index contributed by atoms with van der Waals surface area (Å²) in [7, 11) is 1.19. The van der Waals surface area contributed by atoms with Crippen LogP contribution >= 0.6 is 7.82 Å². The zero-order valence-corrected chi connectivity index (χ0v) is 53.3. The van der Waals surface area contributed by atoms with Gasteiger partial charge in [0, 0.05) is 12.8 Å². The van der Waals surface area contributed by atoms with Gasteiger partial charge < -0.3 is 28.5 Å². The minimum atomic E-state index is -4.70. The lowest BCUT2D eigenvalue weighted by Gasteiger charge is -2.30. The molecule has 0 heterocycles. The number of unbranched alkanes of at least 4 members (excludes halogenated alkanes) is 39. The second-order valence-corrected chi connectivity index (χ2v) is 25.4. The number of likely N-dealkylation sites (N-methyl/N-ethyl adjacent to an activating group) is 1. The van der Waals surface area contributed by atoms with Crippen LogP contribution in [0.3, 0.4) is 0 Å².